The van der Waals surface area contributed by atoms with Gasteiger partial charge < -0.3 is 5.32 Å². The molecule has 1 heterocycles. The third-order valence-corrected chi connectivity index (χ3v) is 3.61. The van der Waals surface area contributed by atoms with Gasteiger partial charge in [-0.25, -0.2) is 0 Å². The van der Waals surface area contributed by atoms with Gasteiger partial charge in [0.05, 0.1) is 11.1 Å². The molecule has 4 nitrogen and oxygen atoms in total. The van der Waals surface area contributed by atoms with Crippen LogP contribution >= 0.6 is 11.6 Å². The molecule has 0 aliphatic rings. The highest BCUT2D eigenvalue weighted by Crippen LogP contribution is 2.23. The highest BCUT2D eigenvalue weighted by Gasteiger charge is 2.16. The molecule has 22 heavy (non-hydrogen) atoms. The van der Waals surface area contributed by atoms with Crippen LogP contribution in [-0.4, -0.2) is 16.4 Å². The van der Waals surface area contributed by atoms with E-state index < -0.39 is 0 Å². The summed E-state index contributed by atoms with van der Waals surface area (Å²) >= 11 is 5.91. The molecule has 1 aromatic heterocycles. The van der Waals surface area contributed by atoms with Crippen LogP contribution in [0.25, 0.3) is 10.9 Å². The second-order valence-corrected chi connectivity index (χ2v) is 5.35. The molecule has 0 unspecified atom stereocenters. The number of benzene rings is 2. The van der Waals surface area contributed by atoms with Crippen molar-refractivity contribution in [3.05, 3.63) is 65.3 Å². The lowest BCUT2D eigenvalue weighted by molar-refractivity contribution is 0.0941. The zero-order valence-corrected chi connectivity index (χ0v) is 12.6. The summed E-state index contributed by atoms with van der Waals surface area (Å²) in [7, 11) is 0. The molecule has 0 saturated carbocycles. The number of halogens is 1. The fourth-order valence-electron chi connectivity index (χ4n) is 2.39. The highest BCUT2D eigenvalue weighted by molar-refractivity contribution is 6.31. The van der Waals surface area contributed by atoms with E-state index in [-0.39, 0.29) is 11.8 Å². The Labute approximate surface area is 132 Å². The van der Waals surface area contributed by atoms with Gasteiger partial charge in [-0.1, -0.05) is 35.9 Å². The number of hydrogen-bond acceptors (Lipinski definition) is 2. The number of rotatable bonds is 2. The van der Waals surface area contributed by atoms with Crippen LogP contribution in [0.1, 0.15) is 22.1 Å². The standard InChI is InChI=1S/C17H13ClN2O2/c1-11(21)20-10-15(14-7-2-3-8-16(14)20)17(22)19-13-6-4-5-12(18)9-13/h2-10H,1H3,(H,19,22). The van der Waals surface area contributed by atoms with Gasteiger partial charge in [0.1, 0.15) is 0 Å². The predicted molar refractivity (Wildman–Crippen MR) is 87.6 cm³/mol. The van der Waals surface area contributed by atoms with Crippen molar-refractivity contribution in [3.8, 4) is 0 Å². The number of nitrogens with zero attached hydrogens (tertiary/aromatic N) is 1. The molecule has 0 aliphatic carbocycles. The van der Waals surface area contributed by atoms with Crippen molar-refractivity contribution < 1.29 is 9.59 Å². The third kappa shape index (κ3) is 2.61. The van der Waals surface area contributed by atoms with Gasteiger partial charge >= 0.3 is 0 Å². The molecule has 0 fully saturated rings. The van der Waals surface area contributed by atoms with Gasteiger partial charge in [0.2, 0.25) is 5.91 Å². The number of aromatic nitrogens is 1. The maximum atomic E-state index is 12.5. The zero-order chi connectivity index (χ0) is 15.7. The van der Waals surface area contributed by atoms with Gasteiger partial charge in [0, 0.05) is 29.2 Å². The Morgan fingerprint density at radius 3 is 2.59 bits per heavy atom. The topological polar surface area (TPSA) is 51.1 Å². The van der Waals surface area contributed by atoms with Crippen LogP contribution < -0.4 is 5.32 Å². The number of amides is 1. The van der Waals surface area contributed by atoms with E-state index in [0.29, 0.717) is 21.8 Å². The molecule has 0 spiro atoms. The van der Waals surface area contributed by atoms with Gasteiger partial charge in [-0.05, 0) is 24.3 Å². The normalized spacial score (nSPS) is 10.6. The summed E-state index contributed by atoms with van der Waals surface area (Å²) in [6.07, 6.45) is 1.56. The number of nitrogens with one attached hydrogen (secondary N) is 1. The van der Waals surface area contributed by atoms with Crippen molar-refractivity contribution in [1.82, 2.24) is 4.57 Å². The van der Waals surface area contributed by atoms with Crippen LogP contribution in [0, 0.1) is 0 Å². The number of fused-ring (bicyclic) bond motifs is 1. The van der Waals surface area contributed by atoms with Crippen molar-refractivity contribution in [2.75, 3.05) is 5.32 Å². The molecule has 0 aliphatic heterocycles. The molecule has 0 radical (unpaired) electrons. The average Bonchev–Trinajstić information content (AvgIpc) is 2.87. The molecule has 5 heteroatoms. The van der Waals surface area contributed by atoms with E-state index in [1.807, 2.05) is 24.3 Å². The molecule has 110 valence electrons. The maximum Gasteiger partial charge on any atom is 0.257 e. The van der Waals surface area contributed by atoms with E-state index >= 15 is 0 Å². The molecule has 3 aromatic rings. The summed E-state index contributed by atoms with van der Waals surface area (Å²) in [6, 6.07) is 14.2. The predicted octanol–water partition coefficient (Wildman–Crippen LogP) is 4.21. The van der Waals surface area contributed by atoms with Crippen LogP contribution in [-0.2, 0) is 0 Å². The van der Waals surface area contributed by atoms with Crippen molar-refractivity contribution in [2.24, 2.45) is 0 Å². The molecule has 1 amide bonds. The van der Waals surface area contributed by atoms with Crippen molar-refractivity contribution in [2.45, 2.75) is 6.92 Å². The van der Waals surface area contributed by atoms with Gasteiger partial charge in [-0.2, -0.15) is 0 Å². The second-order valence-electron chi connectivity index (χ2n) is 4.91. The van der Waals surface area contributed by atoms with E-state index in [0.717, 1.165) is 5.39 Å². The summed E-state index contributed by atoms with van der Waals surface area (Å²) < 4.78 is 1.47. The smallest absolute Gasteiger partial charge is 0.257 e. The van der Waals surface area contributed by atoms with Gasteiger partial charge in [-0.15, -0.1) is 0 Å². The Kier molecular flexibility index (Phi) is 3.69. The first-order valence-corrected chi connectivity index (χ1v) is 7.12. The van der Waals surface area contributed by atoms with Crippen LogP contribution in [0.3, 0.4) is 0 Å². The summed E-state index contributed by atoms with van der Waals surface area (Å²) in [5.74, 6) is -0.420. The minimum absolute atomic E-state index is 0.141. The molecule has 1 N–H and O–H groups in total. The number of carbonyl (C=O) groups is 2. The molecule has 0 bridgehead atoms. The monoisotopic (exact) mass is 312 g/mol. The van der Waals surface area contributed by atoms with Gasteiger partial charge in [0.25, 0.3) is 5.91 Å². The van der Waals surface area contributed by atoms with E-state index in [1.54, 1.807) is 30.5 Å². The van der Waals surface area contributed by atoms with Crippen molar-refractivity contribution in [3.63, 3.8) is 0 Å². The molecular formula is C17H13ClN2O2. The Hall–Kier alpha value is -2.59. The van der Waals surface area contributed by atoms with E-state index in [1.165, 1.54) is 11.5 Å². The first kappa shape index (κ1) is 14.4. The lowest BCUT2D eigenvalue weighted by atomic mass is 10.1. The number of carbonyl (C=O) groups excluding carboxylic acids is 2. The first-order valence-electron chi connectivity index (χ1n) is 6.74. The molecule has 2 aromatic carbocycles. The Bertz CT molecular complexity index is 883. The second kappa shape index (κ2) is 5.66. The van der Waals surface area contributed by atoms with Gasteiger partial charge in [-0.3, -0.25) is 14.2 Å². The minimum atomic E-state index is -0.279. The molecular weight excluding hydrogens is 300 g/mol. The van der Waals surface area contributed by atoms with Crippen LogP contribution in [0.4, 0.5) is 5.69 Å². The van der Waals surface area contributed by atoms with E-state index in [2.05, 4.69) is 5.32 Å². The third-order valence-electron chi connectivity index (χ3n) is 3.38. The van der Waals surface area contributed by atoms with Crippen molar-refractivity contribution >= 4 is 40.0 Å². The molecule has 0 saturated heterocycles. The summed E-state index contributed by atoms with van der Waals surface area (Å²) in [5.41, 5.74) is 1.77. The minimum Gasteiger partial charge on any atom is -0.322 e. The Morgan fingerprint density at radius 1 is 1.09 bits per heavy atom. The largest absolute Gasteiger partial charge is 0.322 e. The lowest BCUT2D eigenvalue weighted by Crippen LogP contribution is -2.11. The van der Waals surface area contributed by atoms with Crippen LogP contribution in [0.15, 0.2) is 54.7 Å². The van der Waals surface area contributed by atoms with E-state index in [4.69, 9.17) is 11.6 Å². The fourth-order valence-corrected chi connectivity index (χ4v) is 2.58. The van der Waals surface area contributed by atoms with Crippen molar-refractivity contribution in [1.29, 1.82) is 0 Å². The fraction of sp³-hybridized carbons (Fsp3) is 0.0588. The summed E-state index contributed by atoms with van der Waals surface area (Å²) in [6.45, 7) is 1.46. The lowest BCUT2D eigenvalue weighted by Gasteiger charge is -2.04. The number of hydrogen-bond donors (Lipinski definition) is 1. The zero-order valence-electron chi connectivity index (χ0n) is 11.8. The molecule has 0 atom stereocenters. The Morgan fingerprint density at radius 2 is 1.86 bits per heavy atom. The van der Waals surface area contributed by atoms with E-state index in [9.17, 15) is 9.59 Å². The summed E-state index contributed by atoms with van der Waals surface area (Å²) in [4.78, 5) is 24.2. The van der Waals surface area contributed by atoms with Crippen LogP contribution in [0.5, 0.6) is 0 Å². The quantitative estimate of drug-likeness (QED) is 0.770. The highest BCUT2D eigenvalue weighted by atomic mass is 35.5. The maximum absolute atomic E-state index is 12.5. The number of para-hydroxylation sites is 1. The van der Waals surface area contributed by atoms with Gasteiger partial charge in [0.15, 0.2) is 0 Å². The SMILES string of the molecule is CC(=O)n1cc(C(=O)Nc2cccc(Cl)c2)c2ccccc21. The average molecular weight is 313 g/mol. The number of anilines is 1. The summed E-state index contributed by atoms with van der Waals surface area (Å²) in [5, 5.41) is 4.07. The van der Waals surface area contributed by atoms with Crippen LogP contribution in [0.2, 0.25) is 5.02 Å². The molecule has 3 rings (SSSR count). The Balaban J connectivity index is 2.02. The first-order chi connectivity index (χ1) is 10.6.